The maximum atomic E-state index is 11.9. The molecule has 0 spiro atoms. The quantitative estimate of drug-likeness (QED) is 0.642. The summed E-state index contributed by atoms with van der Waals surface area (Å²) in [6.07, 6.45) is 3.05. The normalized spacial score (nSPS) is 18.9. The van der Waals surface area contributed by atoms with Gasteiger partial charge in [-0.2, -0.15) is 0 Å². The Bertz CT molecular complexity index is 513. The van der Waals surface area contributed by atoms with Crippen LogP contribution in [0.2, 0.25) is 0 Å². The first-order valence-corrected chi connectivity index (χ1v) is 6.88. The minimum Gasteiger partial charge on any atom is -0.480 e. The number of nitrogen functional groups attached to an aromatic ring is 1. The number of nitrogens with zero attached hydrogens (tertiary/aromatic N) is 1. The minimum atomic E-state index is -0.959. The molecular weight excluding hydrogens is 264 g/mol. The first kappa shape index (κ1) is 13.5. The van der Waals surface area contributed by atoms with E-state index in [0.717, 1.165) is 5.56 Å². The van der Waals surface area contributed by atoms with E-state index in [1.54, 1.807) is 30.3 Å². The van der Waals surface area contributed by atoms with Gasteiger partial charge in [-0.3, -0.25) is 4.79 Å². The van der Waals surface area contributed by atoms with E-state index in [1.165, 1.54) is 22.7 Å². The number of carboxylic acids is 1. The lowest BCUT2D eigenvalue weighted by Crippen LogP contribution is -2.40. The summed E-state index contributed by atoms with van der Waals surface area (Å²) in [5.41, 5.74) is 7.07. The lowest BCUT2D eigenvalue weighted by atomic mass is 10.2. The van der Waals surface area contributed by atoms with Gasteiger partial charge in [0.2, 0.25) is 5.91 Å². The molecule has 1 atom stereocenters. The number of hydrogen-bond donors (Lipinski definition) is 2. The van der Waals surface area contributed by atoms with Gasteiger partial charge in [-0.1, -0.05) is 12.1 Å². The summed E-state index contributed by atoms with van der Waals surface area (Å²) in [6, 6.07) is 6.36. The Morgan fingerprint density at radius 2 is 2.05 bits per heavy atom. The number of aliphatic carboxylic acids is 1. The molecule has 0 saturated carbocycles. The Kier molecular flexibility index (Phi) is 4.11. The summed E-state index contributed by atoms with van der Waals surface area (Å²) in [7, 11) is 0. The van der Waals surface area contributed by atoms with Gasteiger partial charge in [0.1, 0.15) is 6.04 Å². The van der Waals surface area contributed by atoms with Gasteiger partial charge >= 0.3 is 5.97 Å². The van der Waals surface area contributed by atoms with Gasteiger partial charge in [0.25, 0.3) is 0 Å². The number of carbonyl (C=O) groups is 2. The van der Waals surface area contributed by atoms with Crippen LogP contribution in [0.1, 0.15) is 5.56 Å². The van der Waals surface area contributed by atoms with Crippen molar-refractivity contribution in [2.75, 3.05) is 17.4 Å². The van der Waals surface area contributed by atoms with Crippen LogP contribution >= 0.6 is 11.8 Å². The molecule has 1 aromatic carbocycles. The standard InChI is InChI=1S/C13H14N2O3S/c14-10-4-1-9(2-5-10)3-6-12(16)15-8-19-7-11(15)13(17)18/h1-6,11H,7-8,14H2,(H,17,18)/b6-3+. The molecule has 1 fully saturated rings. The first-order chi connectivity index (χ1) is 9.08. The van der Waals surface area contributed by atoms with Crippen molar-refractivity contribution in [2.45, 2.75) is 6.04 Å². The fourth-order valence-corrected chi connectivity index (χ4v) is 2.89. The van der Waals surface area contributed by atoms with Gasteiger partial charge in [0.05, 0.1) is 5.88 Å². The van der Waals surface area contributed by atoms with E-state index in [-0.39, 0.29) is 5.91 Å². The van der Waals surface area contributed by atoms with Gasteiger partial charge in [0, 0.05) is 17.5 Å². The molecule has 1 unspecified atom stereocenters. The van der Waals surface area contributed by atoms with Crippen molar-refractivity contribution < 1.29 is 14.7 Å². The topological polar surface area (TPSA) is 83.6 Å². The Balaban J connectivity index is 2.04. The molecule has 19 heavy (non-hydrogen) atoms. The van der Waals surface area contributed by atoms with Crippen LogP contribution in [0, 0.1) is 0 Å². The number of anilines is 1. The van der Waals surface area contributed by atoms with Gasteiger partial charge < -0.3 is 15.7 Å². The lowest BCUT2D eigenvalue weighted by molar-refractivity contribution is -0.146. The molecule has 0 radical (unpaired) electrons. The third-order valence-corrected chi connectivity index (χ3v) is 3.82. The Labute approximate surface area is 115 Å². The maximum Gasteiger partial charge on any atom is 0.327 e. The molecule has 3 N–H and O–H groups in total. The fraction of sp³-hybridized carbons (Fsp3) is 0.231. The van der Waals surface area contributed by atoms with Crippen LogP contribution in [0.25, 0.3) is 6.08 Å². The number of rotatable bonds is 3. The Morgan fingerprint density at radius 1 is 1.37 bits per heavy atom. The van der Waals surface area contributed by atoms with Crippen molar-refractivity contribution in [2.24, 2.45) is 0 Å². The van der Waals surface area contributed by atoms with Crippen molar-refractivity contribution >= 4 is 35.4 Å². The van der Waals surface area contributed by atoms with Crippen LogP contribution < -0.4 is 5.73 Å². The zero-order valence-electron chi connectivity index (χ0n) is 10.2. The number of benzene rings is 1. The van der Waals surface area contributed by atoms with Crippen molar-refractivity contribution in [3.8, 4) is 0 Å². The van der Waals surface area contributed by atoms with Gasteiger partial charge in [-0.15, -0.1) is 11.8 Å². The summed E-state index contributed by atoms with van der Waals surface area (Å²) in [5, 5.41) is 9.00. The molecule has 0 aliphatic carbocycles. The number of nitrogens with two attached hydrogens (primary N) is 1. The van der Waals surface area contributed by atoms with E-state index in [1.807, 2.05) is 0 Å². The van der Waals surface area contributed by atoms with Crippen molar-refractivity contribution in [3.63, 3.8) is 0 Å². The monoisotopic (exact) mass is 278 g/mol. The highest BCUT2D eigenvalue weighted by molar-refractivity contribution is 7.99. The van der Waals surface area contributed by atoms with E-state index in [2.05, 4.69) is 0 Å². The Morgan fingerprint density at radius 3 is 2.68 bits per heavy atom. The zero-order valence-corrected chi connectivity index (χ0v) is 11.0. The molecule has 0 aromatic heterocycles. The van der Waals surface area contributed by atoms with Crippen LogP contribution in [0.3, 0.4) is 0 Å². The van der Waals surface area contributed by atoms with Crippen LogP contribution in [0.5, 0.6) is 0 Å². The van der Waals surface area contributed by atoms with Gasteiger partial charge in [-0.05, 0) is 23.8 Å². The lowest BCUT2D eigenvalue weighted by Gasteiger charge is -2.18. The summed E-state index contributed by atoms with van der Waals surface area (Å²) in [4.78, 5) is 24.3. The molecule has 1 amide bonds. The predicted molar refractivity (Wildman–Crippen MR) is 75.5 cm³/mol. The molecule has 1 aliphatic rings. The summed E-state index contributed by atoms with van der Waals surface area (Å²) in [5.74, 6) is -0.382. The fourth-order valence-electron chi connectivity index (χ4n) is 1.73. The summed E-state index contributed by atoms with van der Waals surface area (Å²) >= 11 is 1.44. The van der Waals surface area contributed by atoms with Gasteiger partial charge in [0.15, 0.2) is 0 Å². The summed E-state index contributed by atoms with van der Waals surface area (Å²) in [6.45, 7) is 0. The molecule has 100 valence electrons. The predicted octanol–water partition coefficient (Wildman–Crippen LogP) is 1.27. The molecule has 0 bridgehead atoms. The second-order valence-corrected chi connectivity index (χ2v) is 5.16. The molecule has 2 rings (SSSR count). The third kappa shape index (κ3) is 3.29. The first-order valence-electron chi connectivity index (χ1n) is 5.72. The highest BCUT2D eigenvalue weighted by Gasteiger charge is 2.33. The second kappa shape index (κ2) is 5.79. The molecular formula is C13H14N2O3S. The highest BCUT2D eigenvalue weighted by Crippen LogP contribution is 2.21. The number of hydrogen-bond acceptors (Lipinski definition) is 4. The molecule has 6 heteroatoms. The van der Waals surface area contributed by atoms with Crippen molar-refractivity contribution in [3.05, 3.63) is 35.9 Å². The van der Waals surface area contributed by atoms with Crippen LogP contribution in [0.15, 0.2) is 30.3 Å². The molecule has 1 aromatic rings. The zero-order chi connectivity index (χ0) is 13.8. The smallest absolute Gasteiger partial charge is 0.327 e. The van der Waals surface area contributed by atoms with Crippen molar-refractivity contribution in [1.29, 1.82) is 0 Å². The number of thioether (sulfide) groups is 1. The number of carbonyl (C=O) groups excluding carboxylic acids is 1. The second-order valence-electron chi connectivity index (χ2n) is 4.16. The largest absolute Gasteiger partial charge is 0.480 e. The van der Waals surface area contributed by atoms with Crippen LogP contribution in [-0.2, 0) is 9.59 Å². The molecule has 1 saturated heterocycles. The minimum absolute atomic E-state index is 0.283. The SMILES string of the molecule is Nc1ccc(/C=C/C(=O)N2CSCC2C(=O)O)cc1. The Hall–Kier alpha value is -1.95. The third-order valence-electron chi connectivity index (χ3n) is 2.81. The highest BCUT2D eigenvalue weighted by atomic mass is 32.2. The van der Waals surface area contributed by atoms with Crippen molar-refractivity contribution in [1.82, 2.24) is 4.90 Å². The van der Waals surface area contributed by atoms with E-state index in [4.69, 9.17) is 10.8 Å². The van der Waals surface area contributed by atoms with Gasteiger partial charge in [-0.25, -0.2) is 4.79 Å². The summed E-state index contributed by atoms with van der Waals surface area (Å²) < 4.78 is 0. The van der Waals surface area contributed by atoms with E-state index >= 15 is 0 Å². The van der Waals surface area contributed by atoms with E-state index < -0.39 is 12.0 Å². The number of carboxylic acid groups (broad SMARTS) is 1. The van der Waals surface area contributed by atoms with E-state index in [9.17, 15) is 9.59 Å². The molecule has 1 heterocycles. The van der Waals surface area contributed by atoms with E-state index in [0.29, 0.717) is 17.3 Å². The van der Waals surface area contributed by atoms with Crippen LogP contribution in [0.4, 0.5) is 5.69 Å². The maximum absolute atomic E-state index is 11.9. The molecule has 1 aliphatic heterocycles. The average molecular weight is 278 g/mol. The molecule has 5 nitrogen and oxygen atoms in total. The number of amides is 1. The van der Waals surface area contributed by atoms with Crippen LogP contribution in [-0.4, -0.2) is 39.6 Å². The average Bonchev–Trinajstić information content (AvgIpc) is 2.87.